The van der Waals surface area contributed by atoms with Crippen LogP contribution in [0.15, 0.2) is 24.3 Å². The first-order valence-electron chi connectivity index (χ1n) is 8.17. The molecule has 0 saturated carbocycles. The number of nitrogens with two attached hydrogens (primary N) is 1. The quantitative estimate of drug-likeness (QED) is 0.909. The zero-order chi connectivity index (χ0) is 16.2. The van der Waals surface area contributed by atoms with E-state index in [1.807, 2.05) is 36.1 Å². The number of nitrogens with zero attached hydrogens (tertiary/aromatic N) is 1. The Morgan fingerprint density at radius 1 is 1.36 bits per heavy atom. The molecule has 122 valence electrons. The van der Waals surface area contributed by atoms with Crippen LogP contribution in [0, 0.1) is 5.41 Å². The standard InChI is InChI=1S/C18H28N2O2/c1-4-22-15-8-5-14(6-9-15)7-10-17(21)20-12-11-16(19)18(2,3)13-20/h5-6,8-9,16H,4,7,10-13,19H2,1-3H3. The van der Waals surface area contributed by atoms with E-state index in [1.165, 1.54) is 5.56 Å². The number of rotatable bonds is 5. The molecule has 1 aliphatic heterocycles. The van der Waals surface area contributed by atoms with Gasteiger partial charge in [-0.2, -0.15) is 0 Å². The molecular weight excluding hydrogens is 276 g/mol. The lowest BCUT2D eigenvalue weighted by atomic mass is 9.79. The molecule has 1 amide bonds. The second kappa shape index (κ2) is 7.14. The zero-order valence-corrected chi connectivity index (χ0v) is 14.0. The van der Waals surface area contributed by atoms with Crippen LogP contribution >= 0.6 is 0 Å². The lowest BCUT2D eigenvalue weighted by Crippen LogP contribution is -2.54. The number of ether oxygens (including phenoxy) is 1. The molecule has 1 fully saturated rings. The molecule has 0 aromatic heterocycles. The number of carbonyl (C=O) groups excluding carboxylic acids is 1. The van der Waals surface area contributed by atoms with E-state index in [1.54, 1.807) is 0 Å². The first-order valence-corrected chi connectivity index (χ1v) is 8.17. The van der Waals surface area contributed by atoms with Crippen LogP contribution in [0.1, 0.15) is 39.2 Å². The maximum absolute atomic E-state index is 12.4. The lowest BCUT2D eigenvalue weighted by molar-refractivity contribution is -0.134. The minimum Gasteiger partial charge on any atom is -0.494 e. The molecule has 4 nitrogen and oxygen atoms in total. The minimum atomic E-state index is 0.00699. The van der Waals surface area contributed by atoms with Gasteiger partial charge in [0.2, 0.25) is 5.91 Å². The smallest absolute Gasteiger partial charge is 0.222 e. The van der Waals surface area contributed by atoms with Crippen molar-refractivity contribution in [3.63, 3.8) is 0 Å². The van der Waals surface area contributed by atoms with Crippen molar-refractivity contribution in [3.8, 4) is 5.75 Å². The van der Waals surface area contributed by atoms with E-state index in [9.17, 15) is 4.79 Å². The number of carbonyl (C=O) groups is 1. The largest absolute Gasteiger partial charge is 0.494 e. The molecule has 2 N–H and O–H groups in total. The molecule has 0 spiro atoms. The van der Waals surface area contributed by atoms with E-state index in [0.29, 0.717) is 13.0 Å². The van der Waals surface area contributed by atoms with Crippen molar-refractivity contribution >= 4 is 5.91 Å². The highest BCUT2D eigenvalue weighted by Crippen LogP contribution is 2.28. The van der Waals surface area contributed by atoms with Crippen LogP contribution in [0.5, 0.6) is 5.75 Å². The van der Waals surface area contributed by atoms with Gasteiger partial charge in [-0.15, -0.1) is 0 Å². The molecule has 1 heterocycles. The Labute approximate surface area is 133 Å². The van der Waals surface area contributed by atoms with Crippen molar-refractivity contribution in [2.24, 2.45) is 11.1 Å². The van der Waals surface area contributed by atoms with Gasteiger partial charge in [-0.1, -0.05) is 26.0 Å². The fourth-order valence-corrected chi connectivity index (χ4v) is 2.92. The minimum absolute atomic E-state index is 0.00699. The number of benzene rings is 1. The summed E-state index contributed by atoms with van der Waals surface area (Å²) >= 11 is 0. The SMILES string of the molecule is CCOc1ccc(CCC(=O)N2CCC(N)C(C)(C)C2)cc1. The van der Waals surface area contributed by atoms with Gasteiger partial charge >= 0.3 is 0 Å². The fourth-order valence-electron chi connectivity index (χ4n) is 2.92. The summed E-state index contributed by atoms with van der Waals surface area (Å²) in [5.74, 6) is 1.11. The van der Waals surface area contributed by atoms with E-state index in [2.05, 4.69) is 13.8 Å². The van der Waals surface area contributed by atoms with E-state index >= 15 is 0 Å². The average Bonchev–Trinajstić information content (AvgIpc) is 2.49. The summed E-state index contributed by atoms with van der Waals surface area (Å²) in [6.45, 7) is 8.47. The third kappa shape index (κ3) is 4.23. The van der Waals surface area contributed by atoms with Crippen LogP contribution < -0.4 is 10.5 Å². The number of amides is 1. The predicted octanol–water partition coefficient (Wildman–Crippen LogP) is 2.60. The van der Waals surface area contributed by atoms with Gasteiger partial charge in [-0.25, -0.2) is 0 Å². The van der Waals surface area contributed by atoms with Crippen LogP contribution in [0.4, 0.5) is 0 Å². The molecule has 2 rings (SSSR count). The van der Waals surface area contributed by atoms with Gasteiger partial charge in [0, 0.05) is 25.6 Å². The molecule has 4 heteroatoms. The first-order chi connectivity index (χ1) is 10.4. The van der Waals surface area contributed by atoms with Gasteiger partial charge in [0.1, 0.15) is 5.75 Å². The van der Waals surface area contributed by atoms with Crippen LogP contribution in [-0.4, -0.2) is 36.5 Å². The average molecular weight is 304 g/mol. The van der Waals surface area contributed by atoms with E-state index < -0.39 is 0 Å². The summed E-state index contributed by atoms with van der Waals surface area (Å²) < 4.78 is 5.43. The van der Waals surface area contributed by atoms with E-state index in [-0.39, 0.29) is 17.4 Å². The molecule has 1 unspecified atom stereocenters. The van der Waals surface area contributed by atoms with E-state index in [0.717, 1.165) is 31.7 Å². The highest BCUT2D eigenvalue weighted by molar-refractivity contribution is 5.76. The Hall–Kier alpha value is -1.55. The summed E-state index contributed by atoms with van der Waals surface area (Å²) in [7, 11) is 0. The number of piperidine rings is 1. The van der Waals surface area contributed by atoms with Gasteiger partial charge in [0.05, 0.1) is 6.61 Å². The maximum atomic E-state index is 12.4. The van der Waals surface area contributed by atoms with Crippen LogP contribution in [0.2, 0.25) is 0 Å². The molecule has 1 aromatic rings. The normalized spacial score (nSPS) is 20.7. The van der Waals surface area contributed by atoms with Gasteiger partial charge in [0.15, 0.2) is 0 Å². The number of aryl methyl sites for hydroxylation is 1. The molecule has 1 atom stereocenters. The van der Waals surface area contributed by atoms with Crippen LogP contribution in [-0.2, 0) is 11.2 Å². The highest BCUT2D eigenvalue weighted by Gasteiger charge is 2.34. The highest BCUT2D eigenvalue weighted by atomic mass is 16.5. The van der Waals surface area contributed by atoms with Crippen molar-refractivity contribution in [3.05, 3.63) is 29.8 Å². The van der Waals surface area contributed by atoms with Crippen LogP contribution in [0.25, 0.3) is 0 Å². The second-order valence-electron chi connectivity index (χ2n) is 6.78. The molecule has 0 aliphatic carbocycles. The Bertz CT molecular complexity index is 496. The second-order valence-corrected chi connectivity index (χ2v) is 6.78. The number of hydrogen-bond acceptors (Lipinski definition) is 3. The van der Waals surface area contributed by atoms with Gasteiger partial charge in [-0.05, 0) is 42.9 Å². The molecule has 22 heavy (non-hydrogen) atoms. The molecule has 1 aromatic carbocycles. The third-order valence-corrected chi connectivity index (χ3v) is 4.53. The van der Waals surface area contributed by atoms with E-state index in [4.69, 9.17) is 10.5 Å². The Kier molecular flexibility index (Phi) is 5.46. The summed E-state index contributed by atoms with van der Waals surface area (Å²) in [5.41, 5.74) is 7.31. The van der Waals surface area contributed by atoms with Crippen molar-refractivity contribution in [1.29, 1.82) is 0 Å². The van der Waals surface area contributed by atoms with Gasteiger partial charge < -0.3 is 15.4 Å². The summed E-state index contributed by atoms with van der Waals surface area (Å²) in [6.07, 6.45) is 2.22. The zero-order valence-electron chi connectivity index (χ0n) is 14.0. The molecule has 1 aliphatic rings. The molecule has 1 saturated heterocycles. The number of hydrogen-bond donors (Lipinski definition) is 1. The fraction of sp³-hybridized carbons (Fsp3) is 0.611. The Balaban J connectivity index is 1.85. The van der Waals surface area contributed by atoms with Crippen molar-refractivity contribution in [2.75, 3.05) is 19.7 Å². The summed E-state index contributed by atoms with van der Waals surface area (Å²) in [4.78, 5) is 14.4. The maximum Gasteiger partial charge on any atom is 0.222 e. The van der Waals surface area contributed by atoms with Crippen molar-refractivity contribution in [1.82, 2.24) is 4.90 Å². The van der Waals surface area contributed by atoms with Crippen LogP contribution in [0.3, 0.4) is 0 Å². The number of likely N-dealkylation sites (tertiary alicyclic amines) is 1. The summed E-state index contributed by atoms with van der Waals surface area (Å²) in [5, 5.41) is 0. The van der Waals surface area contributed by atoms with Crippen molar-refractivity contribution in [2.45, 2.75) is 46.1 Å². The monoisotopic (exact) mass is 304 g/mol. The summed E-state index contributed by atoms with van der Waals surface area (Å²) in [6, 6.07) is 8.18. The first kappa shape index (κ1) is 16.8. The van der Waals surface area contributed by atoms with Gasteiger partial charge in [0.25, 0.3) is 0 Å². The predicted molar refractivity (Wildman–Crippen MR) is 88.9 cm³/mol. The topological polar surface area (TPSA) is 55.6 Å². The Morgan fingerprint density at radius 3 is 2.64 bits per heavy atom. The lowest BCUT2D eigenvalue weighted by Gasteiger charge is -2.42. The van der Waals surface area contributed by atoms with Gasteiger partial charge in [-0.3, -0.25) is 4.79 Å². The Morgan fingerprint density at radius 2 is 2.05 bits per heavy atom. The third-order valence-electron chi connectivity index (χ3n) is 4.53. The van der Waals surface area contributed by atoms with Crippen molar-refractivity contribution < 1.29 is 9.53 Å². The molecular formula is C18H28N2O2. The molecule has 0 bridgehead atoms. The molecule has 0 radical (unpaired) electrons.